The van der Waals surface area contributed by atoms with Crippen molar-refractivity contribution in [2.75, 3.05) is 23.4 Å². The van der Waals surface area contributed by atoms with E-state index in [4.69, 9.17) is 16.3 Å². The minimum absolute atomic E-state index is 0.0111. The minimum atomic E-state index is -0.697. The Morgan fingerprint density at radius 3 is 2.75 bits per heavy atom. The molecule has 28 heavy (non-hydrogen) atoms. The number of carbonyl (C=O) groups excluding carboxylic acids is 2. The molecule has 148 valence electrons. The van der Waals surface area contributed by atoms with E-state index in [9.17, 15) is 14.0 Å². The van der Waals surface area contributed by atoms with Crippen molar-refractivity contribution in [2.24, 2.45) is 5.41 Å². The van der Waals surface area contributed by atoms with Crippen LogP contribution in [0.4, 0.5) is 15.8 Å². The predicted molar refractivity (Wildman–Crippen MR) is 108 cm³/mol. The molecule has 0 fully saturated rings. The fourth-order valence-corrected chi connectivity index (χ4v) is 3.33. The first-order chi connectivity index (χ1) is 13.2. The van der Waals surface area contributed by atoms with E-state index in [-0.39, 0.29) is 23.1 Å². The maximum Gasteiger partial charge on any atom is 0.260 e. The molecule has 2 aromatic carbocycles. The average Bonchev–Trinajstić information content (AvgIpc) is 2.72. The number of halogens is 2. The van der Waals surface area contributed by atoms with Crippen LogP contribution in [0.5, 0.6) is 5.75 Å². The van der Waals surface area contributed by atoms with E-state index in [2.05, 4.69) is 5.32 Å². The van der Waals surface area contributed by atoms with Gasteiger partial charge in [0.2, 0.25) is 5.91 Å². The van der Waals surface area contributed by atoms with Crippen LogP contribution in [0.15, 0.2) is 36.4 Å². The van der Waals surface area contributed by atoms with Crippen LogP contribution in [-0.2, 0) is 4.79 Å². The maximum atomic E-state index is 14.0. The Kier molecular flexibility index (Phi) is 5.61. The van der Waals surface area contributed by atoms with Crippen LogP contribution in [0.3, 0.4) is 0 Å². The summed E-state index contributed by atoms with van der Waals surface area (Å²) in [5, 5.41) is 2.67. The molecule has 5 nitrogen and oxygen atoms in total. The molecule has 1 aliphatic rings. The van der Waals surface area contributed by atoms with E-state index < -0.39 is 17.1 Å². The fourth-order valence-electron chi connectivity index (χ4n) is 3.08. The standard InChI is InChI=1S/C21H22ClFN2O3/c1-4-10-25-16-9-8-13(11-17(16)28-12-21(2,3)20(25)27)24-19(26)18-14(22)6-5-7-15(18)23/h5-9,11H,4,10,12H2,1-3H3,(H,24,26). The van der Waals surface area contributed by atoms with Crippen molar-refractivity contribution in [3.8, 4) is 5.75 Å². The highest BCUT2D eigenvalue weighted by atomic mass is 35.5. The minimum Gasteiger partial charge on any atom is -0.490 e. The van der Waals surface area contributed by atoms with Gasteiger partial charge in [-0.15, -0.1) is 0 Å². The summed E-state index contributed by atoms with van der Waals surface area (Å²) < 4.78 is 19.9. The summed E-state index contributed by atoms with van der Waals surface area (Å²) in [4.78, 5) is 27.0. The number of hydrogen-bond donors (Lipinski definition) is 1. The molecule has 0 saturated carbocycles. The van der Waals surface area contributed by atoms with Crippen molar-refractivity contribution in [1.29, 1.82) is 0 Å². The Balaban J connectivity index is 1.92. The summed E-state index contributed by atoms with van der Waals surface area (Å²) in [5.41, 5.74) is 0.188. The molecule has 1 heterocycles. The number of ether oxygens (including phenoxy) is 1. The van der Waals surface area contributed by atoms with E-state index in [0.717, 1.165) is 6.42 Å². The number of nitrogens with one attached hydrogen (secondary N) is 1. The van der Waals surface area contributed by atoms with Crippen LogP contribution in [-0.4, -0.2) is 25.0 Å². The Morgan fingerprint density at radius 2 is 2.07 bits per heavy atom. The Morgan fingerprint density at radius 1 is 1.32 bits per heavy atom. The summed E-state index contributed by atoms with van der Waals surface area (Å²) in [5.74, 6) is -0.871. The molecule has 0 atom stereocenters. The molecule has 0 spiro atoms. The van der Waals surface area contributed by atoms with Gasteiger partial charge in [-0.05, 0) is 44.5 Å². The second kappa shape index (κ2) is 7.80. The topological polar surface area (TPSA) is 58.6 Å². The number of anilines is 2. The highest BCUT2D eigenvalue weighted by Gasteiger charge is 2.37. The van der Waals surface area contributed by atoms with Crippen LogP contribution in [0.25, 0.3) is 0 Å². The van der Waals surface area contributed by atoms with E-state index in [1.54, 1.807) is 23.1 Å². The van der Waals surface area contributed by atoms with Crippen LogP contribution in [0, 0.1) is 11.2 Å². The SMILES string of the molecule is CCCN1C(=O)C(C)(C)COc2cc(NC(=O)c3c(F)cccc3Cl)ccc21. The van der Waals surface area contributed by atoms with Gasteiger partial charge in [0.25, 0.3) is 5.91 Å². The highest BCUT2D eigenvalue weighted by Crippen LogP contribution is 2.38. The van der Waals surface area contributed by atoms with Gasteiger partial charge in [0.05, 0.1) is 21.7 Å². The third kappa shape index (κ3) is 3.83. The zero-order valence-corrected chi connectivity index (χ0v) is 16.8. The van der Waals surface area contributed by atoms with Gasteiger partial charge in [-0.25, -0.2) is 4.39 Å². The normalized spacial score (nSPS) is 15.5. The summed E-state index contributed by atoms with van der Waals surface area (Å²) >= 11 is 5.96. The third-order valence-corrected chi connectivity index (χ3v) is 4.87. The van der Waals surface area contributed by atoms with Crippen LogP contribution >= 0.6 is 11.6 Å². The second-order valence-electron chi connectivity index (χ2n) is 7.36. The molecule has 1 N–H and O–H groups in total. The van der Waals surface area contributed by atoms with Gasteiger partial charge in [-0.2, -0.15) is 0 Å². The maximum absolute atomic E-state index is 14.0. The van der Waals surface area contributed by atoms with E-state index >= 15 is 0 Å². The summed E-state index contributed by atoms with van der Waals surface area (Å²) in [6.45, 7) is 6.46. The number of nitrogens with zero attached hydrogens (tertiary/aromatic N) is 1. The van der Waals surface area contributed by atoms with Gasteiger partial charge in [0.15, 0.2) is 0 Å². The molecule has 1 aliphatic heterocycles. The van der Waals surface area contributed by atoms with Crippen molar-refractivity contribution in [2.45, 2.75) is 27.2 Å². The van der Waals surface area contributed by atoms with Crippen molar-refractivity contribution in [3.63, 3.8) is 0 Å². The van der Waals surface area contributed by atoms with E-state index in [0.29, 0.717) is 23.7 Å². The number of fused-ring (bicyclic) bond motifs is 1. The predicted octanol–water partition coefficient (Wildman–Crippen LogP) is 4.89. The van der Waals surface area contributed by atoms with Gasteiger partial charge in [-0.3, -0.25) is 9.59 Å². The molecular formula is C21H22ClFN2O3. The molecule has 3 rings (SSSR count). The average molecular weight is 405 g/mol. The van der Waals surface area contributed by atoms with Gasteiger partial charge >= 0.3 is 0 Å². The summed E-state index contributed by atoms with van der Waals surface area (Å²) in [6.07, 6.45) is 0.797. The first-order valence-corrected chi connectivity index (χ1v) is 9.46. The van der Waals surface area contributed by atoms with Crippen LogP contribution in [0.1, 0.15) is 37.6 Å². The lowest BCUT2D eigenvalue weighted by Gasteiger charge is -2.27. The van der Waals surface area contributed by atoms with Gasteiger partial charge in [-0.1, -0.05) is 24.6 Å². The number of carbonyl (C=O) groups is 2. The van der Waals surface area contributed by atoms with E-state index in [1.165, 1.54) is 18.2 Å². The molecule has 2 amide bonds. The molecule has 0 saturated heterocycles. The lowest BCUT2D eigenvalue weighted by Crippen LogP contribution is -2.42. The molecule has 0 bridgehead atoms. The fraction of sp³-hybridized carbons (Fsp3) is 0.333. The third-order valence-electron chi connectivity index (χ3n) is 4.56. The van der Waals surface area contributed by atoms with Crippen LogP contribution in [0.2, 0.25) is 5.02 Å². The first-order valence-electron chi connectivity index (χ1n) is 9.09. The molecule has 0 aliphatic carbocycles. The van der Waals surface area contributed by atoms with Crippen LogP contribution < -0.4 is 15.0 Å². The number of rotatable bonds is 4. The summed E-state index contributed by atoms with van der Waals surface area (Å²) in [6, 6.07) is 9.09. The van der Waals surface area contributed by atoms with Crippen molar-refractivity contribution >= 4 is 34.8 Å². The van der Waals surface area contributed by atoms with Crippen molar-refractivity contribution in [3.05, 3.63) is 52.8 Å². The Bertz CT molecular complexity index is 910. The van der Waals surface area contributed by atoms with E-state index in [1.807, 2.05) is 20.8 Å². The molecule has 2 aromatic rings. The Hall–Kier alpha value is -2.60. The first kappa shape index (κ1) is 20.1. The molecule has 0 unspecified atom stereocenters. The molecule has 0 radical (unpaired) electrons. The number of benzene rings is 2. The second-order valence-corrected chi connectivity index (χ2v) is 7.77. The van der Waals surface area contributed by atoms with Gasteiger partial charge in [0, 0.05) is 18.3 Å². The smallest absolute Gasteiger partial charge is 0.260 e. The Labute approximate surface area is 168 Å². The lowest BCUT2D eigenvalue weighted by atomic mass is 9.93. The zero-order chi connectivity index (χ0) is 20.5. The summed E-state index contributed by atoms with van der Waals surface area (Å²) in [7, 11) is 0. The molecule has 7 heteroatoms. The quantitative estimate of drug-likeness (QED) is 0.789. The lowest BCUT2D eigenvalue weighted by molar-refractivity contribution is -0.127. The monoisotopic (exact) mass is 404 g/mol. The molecular weight excluding hydrogens is 383 g/mol. The zero-order valence-electron chi connectivity index (χ0n) is 16.0. The van der Waals surface area contributed by atoms with Crippen molar-refractivity contribution in [1.82, 2.24) is 0 Å². The number of hydrogen-bond acceptors (Lipinski definition) is 3. The van der Waals surface area contributed by atoms with Gasteiger partial charge in [0.1, 0.15) is 18.2 Å². The largest absolute Gasteiger partial charge is 0.490 e. The highest BCUT2D eigenvalue weighted by molar-refractivity contribution is 6.34. The van der Waals surface area contributed by atoms with Gasteiger partial charge < -0.3 is 15.0 Å². The molecule has 0 aromatic heterocycles. The number of amides is 2. The van der Waals surface area contributed by atoms with Crippen molar-refractivity contribution < 1.29 is 18.7 Å².